The van der Waals surface area contributed by atoms with Gasteiger partial charge in [-0.3, -0.25) is 4.98 Å². The molecule has 0 fully saturated rings. The molecule has 2 rings (SSSR count). The summed E-state index contributed by atoms with van der Waals surface area (Å²) in [6.45, 7) is 4.68. The first-order valence-corrected chi connectivity index (χ1v) is 7.66. The zero-order chi connectivity index (χ0) is 14.9. The van der Waals surface area contributed by atoms with Crippen LogP contribution in [0.25, 0.3) is 0 Å². The van der Waals surface area contributed by atoms with E-state index in [0.717, 1.165) is 31.2 Å². The third-order valence-electron chi connectivity index (χ3n) is 3.32. The normalized spacial score (nSPS) is 10.1. The number of benzene rings is 1. The molecule has 1 heterocycles. The first-order chi connectivity index (χ1) is 10.3. The monoisotopic (exact) mass is 299 g/mol. The van der Waals surface area contributed by atoms with Gasteiger partial charge in [-0.1, -0.05) is 30.3 Å². The summed E-state index contributed by atoms with van der Waals surface area (Å²) in [7, 11) is 0. The number of nitrogens with one attached hydrogen (secondary N) is 1. The third-order valence-corrected chi connectivity index (χ3v) is 3.73. The average molecular weight is 299 g/mol. The Kier molecular flexibility index (Phi) is 6.16. The predicted octanol–water partition coefficient (Wildman–Crippen LogP) is 3.02. The van der Waals surface area contributed by atoms with E-state index < -0.39 is 0 Å². The molecule has 0 saturated heterocycles. The quantitative estimate of drug-likeness (QED) is 0.830. The van der Waals surface area contributed by atoms with Crippen LogP contribution in [0.15, 0.2) is 54.9 Å². The summed E-state index contributed by atoms with van der Waals surface area (Å²) in [4.78, 5) is 6.20. The highest BCUT2D eigenvalue weighted by Crippen LogP contribution is 2.04. The second-order valence-corrected chi connectivity index (χ2v) is 5.22. The van der Waals surface area contributed by atoms with Gasteiger partial charge in [-0.15, -0.1) is 0 Å². The molecule has 0 atom stereocenters. The van der Waals surface area contributed by atoms with Crippen LogP contribution in [0.2, 0.25) is 0 Å². The van der Waals surface area contributed by atoms with E-state index in [2.05, 4.69) is 46.4 Å². The van der Waals surface area contributed by atoms with Gasteiger partial charge >= 0.3 is 0 Å². The highest BCUT2D eigenvalue weighted by atomic mass is 32.1. The molecule has 0 radical (unpaired) electrons. The van der Waals surface area contributed by atoms with Crippen LogP contribution in [-0.4, -0.2) is 28.1 Å². The van der Waals surface area contributed by atoms with Crippen LogP contribution < -0.4 is 5.32 Å². The summed E-state index contributed by atoms with van der Waals surface area (Å²) in [5.41, 5.74) is 2.55. The van der Waals surface area contributed by atoms with Crippen LogP contribution in [0, 0.1) is 0 Å². The number of nitrogens with zero attached hydrogens (tertiary/aromatic N) is 2. The van der Waals surface area contributed by atoms with Gasteiger partial charge < -0.3 is 10.2 Å². The van der Waals surface area contributed by atoms with Crippen LogP contribution in [0.1, 0.15) is 18.1 Å². The van der Waals surface area contributed by atoms with Gasteiger partial charge in [0, 0.05) is 32.0 Å². The summed E-state index contributed by atoms with van der Waals surface area (Å²) in [5, 5.41) is 4.15. The van der Waals surface area contributed by atoms with Crippen molar-refractivity contribution >= 4 is 17.3 Å². The van der Waals surface area contributed by atoms with Crippen LogP contribution >= 0.6 is 12.2 Å². The maximum atomic E-state index is 5.49. The van der Waals surface area contributed by atoms with Crippen molar-refractivity contribution in [3.8, 4) is 0 Å². The Balaban J connectivity index is 1.80. The topological polar surface area (TPSA) is 28.2 Å². The standard InChI is InChI=1S/C17H21N3S/c1-2-20(14-16-8-11-18-12-9-16)17(21)19-13-10-15-6-4-3-5-7-15/h3-9,11-12H,2,10,13-14H2,1H3,(H,19,21). The third kappa shape index (κ3) is 5.16. The first-order valence-electron chi connectivity index (χ1n) is 7.25. The van der Waals surface area contributed by atoms with Crippen molar-refractivity contribution in [2.75, 3.05) is 13.1 Å². The van der Waals surface area contributed by atoms with E-state index in [1.54, 1.807) is 0 Å². The van der Waals surface area contributed by atoms with Crippen LogP contribution in [0.3, 0.4) is 0 Å². The molecule has 1 aromatic heterocycles. The van der Waals surface area contributed by atoms with Gasteiger partial charge in [-0.2, -0.15) is 0 Å². The first kappa shape index (κ1) is 15.4. The molecule has 0 aliphatic rings. The lowest BCUT2D eigenvalue weighted by molar-refractivity contribution is 0.427. The summed E-state index contributed by atoms with van der Waals surface area (Å²) in [6, 6.07) is 14.5. The lowest BCUT2D eigenvalue weighted by Crippen LogP contribution is -2.40. The van der Waals surface area contributed by atoms with E-state index in [-0.39, 0.29) is 0 Å². The Hall–Kier alpha value is -1.94. The molecule has 1 N–H and O–H groups in total. The molecule has 0 spiro atoms. The molecular formula is C17H21N3S. The van der Waals surface area contributed by atoms with Gasteiger partial charge in [-0.05, 0) is 48.8 Å². The molecule has 0 aliphatic carbocycles. The summed E-state index contributed by atoms with van der Waals surface area (Å²) in [6.07, 6.45) is 4.61. The molecule has 21 heavy (non-hydrogen) atoms. The average Bonchev–Trinajstić information content (AvgIpc) is 2.54. The summed E-state index contributed by atoms with van der Waals surface area (Å²) >= 11 is 5.49. The Morgan fingerprint density at radius 3 is 2.48 bits per heavy atom. The Morgan fingerprint density at radius 2 is 1.81 bits per heavy atom. The molecule has 0 saturated carbocycles. The minimum atomic E-state index is 0.810. The van der Waals surface area contributed by atoms with Crippen molar-refractivity contribution in [1.29, 1.82) is 0 Å². The van der Waals surface area contributed by atoms with Crippen LogP contribution in [0.4, 0.5) is 0 Å². The van der Waals surface area contributed by atoms with Crippen LogP contribution in [-0.2, 0) is 13.0 Å². The number of hydrogen-bond acceptors (Lipinski definition) is 2. The molecule has 0 bridgehead atoms. The maximum absolute atomic E-state index is 5.49. The smallest absolute Gasteiger partial charge is 0.169 e. The van der Waals surface area contributed by atoms with Crippen LogP contribution in [0.5, 0.6) is 0 Å². The number of hydrogen-bond donors (Lipinski definition) is 1. The summed E-state index contributed by atoms with van der Waals surface area (Å²) in [5.74, 6) is 0. The van der Waals surface area contributed by atoms with Gasteiger partial charge in [0.25, 0.3) is 0 Å². The molecule has 1 aromatic carbocycles. The molecule has 0 amide bonds. The zero-order valence-corrected chi connectivity index (χ0v) is 13.1. The van der Waals surface area contributed by atoms with Crippen molar-refractivity contribution in [2.24, 2.45) is 0 Å². The van der Waals surface area contributed by atoms with Gasteiger partial charge in [0.05, 0.1) is 0 Å². The fourth-order valence-corrected chi connectivity index (χ4v) is 2.40. The van der Waals surface area contributed by atoms with Crippen molar-refractivity contribution in [1.82, 2.24) is 15.2 Å². The van der Waals surface area contributed by atoms with E-state index >= 15 is 0 Å². The largest absolute Gasteiger partial charge is 0.362 e. The Labute approximate surface area is 132 Å². The van der Waals surface area contributed by atoms with Crippen molar-refractivity contribution in [3.05, 3.63) is 66.0 Å². The SMILES string of the molecule is CCN(Cc1ccncc1)C(=S)NCCc1ccccc1. The maximum Gasteiger partial charge on any atom is 0.169 e. The molecular weight excluding hydrogens is 278 g/mol. The Bertz CT molecular complexity index is 542. The fraction of sp³-hybridized carbons (Fsp3) is 0.294. The van der Waals surface area contributed by atoms with E-state index in [1.165, 1.54) is 11.1 Å². The molecule has 3 nitrogen and oxygen atoms in total. The second kappa shape index (κ2) is 8.37. The minimum absolute atomic E-state index is 0.810. The number of pyridine rings is 1. The molecule has 2 aromatic rings. The number of thiocarbonyl (C=S) groups is 1. The fourth-order valence-electron chi connectivity index (χ4n) is 2.11. The summed E-state index contributed by atoms with van der Waals surface area (Å²) < 4.78 is 0. The second-order valence-electron chi connectivity index (χ2n) is 4.84. The van der Waals surface area contributed by atoms with E-state index in [9.17, 15) is 0 Å². The van der Waals surface area contributed by atoms with E-state index in [1.807, 2.05) is 30.6 Å². The lowest BCUT2D eigenvalue weighted by atomic mass is 10.1. The number of rotatable bonds is 6. The predicted molar refractivity (Wildman–Crippen MR) is 91.1 cm³/mol. The molecule has 0 aliphatic heterocycles. The molecule has 110 valence electrons. The van der Waals surface area contributed by atoms with Gasteiger partial charge in [0.15, 0.2) is 5.11 Å². The van der Waals surface area contributed by atoms with Gasteiger partial charge in [0.2, 0.25) is 0 Å². The highest BCUT2D eigenvalue weighted by Gasteiger charge is 2.07. The molecule has 0 unspecified atom stereocenters. The van der Waals surface area contributed by atoms with Crippen molar-refractivity contribution in [2.45, 2.75) is 19.9 Å². The van der Waals surface area contributed by atoms with Crippen molar-refractivity contribution < 1.29 is 0 Å². The van der Waals surface area contributed by atoms with E-state index in [4.69, 9.17) is 12.2 Å². The van der Waals surface area contributed by atoms with Crippen molar-refractivity contribution in [3.63, 3.8) is 0 Å². The minimum Gasteiger partial charge on any atom is -0.362 e. The number of aromatic nitrogens is 1. The van der Waals surface area contributed by atoms with Gasteiger partial charge in [0.1, 0.15) is 0 Å². The molecule has 4 heteroatoms. The zero-order valence-electron chi connectivity index (χ0n) is 12.3. The van der Waals surface area contributed by atoms with Gasteiger partial charge in [-0.25, -0.2) is 0 Å². The van der Waals surface area contributed by atoms with E-state index in [0.29, 0.717) is 0 Å². The lowest BCUT2D eigenvalue weighted by Gasteiger charge is -2.24. The highest BCUT2D eigenvalue weighted by molar-refractivity contribution is 7.80. The Morgan fingerprint density at radius 1 is 1.10 bits per heavy atom.